The van der Waals surface area contributed by atoms with Crippen molar-refractivity contribution in [1.29, 1.82) is 0 Å². The Bertz CT molecular complexity index is 664. The second-order valence-electron chi connectivity index (χ2n) is 5.91. The Morgan fingerprint density at radius 1 is 1.31 bits per heavy atom. The number of nitro benzene ring substituents is 1. The van der Waals surface area contributed by atoms with Gasteiger partial charge in [0.15, 0.2) is 0 Å². The number of benzene rings is 1. The molecule has 26 heavy (non-hydrogen) atoms. The van der Waals surface area contributed by atoms with Crippen molar-refractivity contribution in [3.63, 3.8) is 0 Å². The smallest absolute Gasteiger partial charge is 0.362 e. The summed E-state index contributed by atoms with van der Waals surface area (Å²) in [6.45, 7) is 3.21. The second kappa shape index (κ2) is 8.54. The van der Waals surface area contributed by atoms with Gasteiger partial charge in [0.05, 0.1) is 10.5 Å². The molecule has 0 aliphatic carbocycles. The summed E-state index contributed by atoms with van der Waals surface area (Å²) >= 11 is 0. The first kappa shape index (κ1) is 22.0. The van der Waals surface area contributed by atoms with Gasteiger partial charge in [0.1, 0.15) is 5.69 Å². The molecule has 2 N–H and O–H groups in total. The van der Waals surface area contributed by atoms with Gasteiger partial charge < -0.3 is 15.5 Å². The topological polar surface area (TPSA) is 92.7 Å². The van der Waals surface area contributed by atoms with E-state index in [1.807, 2.05) is 0 Å². The number of rotatable bonds is 4. The van der Waals surface area contributed by atoms with E-state index in [2.05, 4.69) is 0 Å². The largest absolute Gasteiger partial charge is 0.416 e. The molecule has 1 amide bonds. The van der Waals surface area contributed by atoms with Gasteiger partial charge >= 0.3 is 6.18 Å². The molecule has 146 valence electrons. The van der Waals surface area contributed by atoms with Crippen LogP contribution in [-0.4, -0.2) is 48.5 Å². The van der Waals surface area contributed by atoms with Crippen LogP contribution in [0.15, 0.2) is 18.2 Å². The number of alkyl halides is 3. The van der Waals surface area contributed by atoms with Gasteiger partial charge in [0, 0.05) is 44.7 Å². The van der Waals surface area contributed by atoms with Crippen LogP contribution >= 0.6 is 12.4 Å². The third-order valence-corrected chi connectivity index (χ3v) is 4.21. The summed E-state index contributed by atoms with van der Waals surface area (Å²) in [4.78, 5) is 25.7. The molecular weight excluding hydrogens is 377 g/mol. The van der Waals surface area contributed by atoms with Crippen molar-refractivity contribution < 1.29 is 22.9 Å². The minimum atomic E-state index is -4.65. The fourth-order valence-corrected chi connectivity index (χ4v) is 2.69. The maximum Gasteiger partial charge on any atom is 0.416 e. The van der Waals surface area contributed by atoms with Crippen LogP contribution in [0.1, 0.15) is 12.5 Å². The molecule has 1 saturated heterocycles. The molecule has 1 fully saturated rings. The summed E-state index contributed by atoms with van der Waals surface area (Å²) in [5, 5.41) is 11.2. The lowest BCUT2D eigenvalue weighted by Gasteiger charge is -2.36. The summed E-state index contributed by atoms with van der Waals surface area (Å²) in [7, 11) is 0. The van der Waals surface area contributed by atoms with Crippen LogP contribution in [0.3, 0.4) is 0 Å². The number of hydrogen-bond acceptors (Lipinski definition) is 5. The second-order valence-corrected chi connectivity index (χ2v) is 5.91. The minimum absolute atomic E-state index is 0. The molecule has 11 heteroatoms. The van der Waals surface area contributed by atoms with Gasteiger partial charge in [-0.25, -0.2) is 0 Å². The number of amides is 1. The molecule has 2 rings (SSSR count). The fraction of sp³-hybridized carbons (Fsp3) is 0.533. The van der Waals surface area contributed by atoms with Crippen molar-refractivity contribution >= 4 is 29.7 Å². The monoisotopic (exact) mass is 396 g/mol. The van der Waals surface area contributed by atoms with Gasteiger partial charge in [-0.2, -0.15) is 13.2 Å². The number of nitrogens with two attached hydrogens (primary N) is 1. The van der Waals surface area contributed by atoms with Gasteiger partial charge in [-0.3, -0.25) is 14.9 Å². The van der Waals surface area contributed by atoms with Crippen molar-refractivity contribution in [1.82, 2.24) is 4.90 Å². The highest BCUT2D eigenvalue weighted by atomic mass is 35.5. The molecule has 0 saturated carbocycles. The molecule has 1 aliphatic rings. The summed E-state index contributed by atoms with van der Waals surface area (Å²) < 4.78 is 38.3. The van der Waals surface area contributed by atoms with Gasteiger partial charge in [0.2, 0.25) is 5.91 Å². The SMILES string of the molecule is CC(CN)C(=O)N1CCN(c2ccc(C(F)(F)F)cc2[N+](=O)[O-])CC1.Cl. The van der Waals surface area contributed by atoms with Crippen molar-refractivity contribution in [3.8, 4) is 0 Å². The molecular formula is C15H20ClF3N4O3. The number of hydrogen-bond donors (Lipinski definition) is 1. The lowest BCUT2D eigenvalue weighted by molar-refractivity contribution is -0.384. The number of carbonyl (C=O) groups is 1. The van der Waals surface area contributed by atoms with Crippen molar-refractivity contribution in [2.45, 2.75) is 13.1 Å². The van der Waals surface area contributed by atoms with Crippen LogP contribution in [0.4, 0.5) is 24.5 Å². The summed E-state index contributed by atoms with van der Waals surface area (Å²) in [5.74, 6) is -0.406. The van der Waals surface area contributed by atoms with Crippen LogP contribution in [0.25, 0.3) is 0 Å². The molecule has 1 atom stereocenters. The number of halogens is 4. The molecule has 1 aromatic rings. The van der Waals surface area contributed by atoms with E-state index in [4.69, 9.17) is 5.73 Å². The number of carbonyl (C=O) groups excluding carboxylic acids is 1. The number of nitrogens with zero attached hydrogens (tertiary/aromatic N) is 3. The average molecular weight is 397 g/mol. The molecule has 7 nitrogen and oxygen atoms in total. The Hall–Kier alpha value is -2.07. The fourth-order valence-electron chi connectivity index (χ4n) is 2.69. The van der Waals surface area contributed by atoms with Crippen molar-refractivity contribution in [2.75, 3.05) is 37.6 Å². The van der Waals surface area contributed by atoms with E-state index in [1.165, 1.54) is 0 Å². The molecule has 1 heterocycles. The normalized spacial score (nSPS) is 16.0. The summed E-state index contributed by atoms with van der Waals surface area (Å²) in [6, 6.07) is 2.49. The van der Waals surface area contributed by atoms with Crippen LogP contribution < -0.4 is 10.6 Å². The zero-order chi connectivity index (χ0) is 18.8. The van der Waals surface area contributed by atoms with E-state index in [9.17, 15) is 28.1 Å². The van der Waals surface area contributed by atoms with Gasteiger partial charge in [-0.05, 0) is 12.1 Å². The molecule has 0 aromatic heterocycles. The zero-order valence-electron chi connectivity index (χ0n) is 14.0. The Labute approximate surface area is 154 Å². The number of nitro groups is 1. The zero-order valence-corrected chi connectivity index (χ0v) is 14.8. The maximum absolute atomic E-state index is 12.8. The standard InChI is InChI=1S/C15H19F3N4O3.ClH/c1-10(9-19)14(23)21-6-4-20(5-7-21)12-3-2-11(15(16,17)18)8-13(12)22(24)25;/h2-3,8,10H,4-7,9,19H2,1H3;1H. The average Bonchev–Trinajstić information content (AvgIpc) is 2.59. The lowest BCUT2D eigenvalue weighted by Crippen LogP contribution is -2.51. The Balaban J connectivity index is 0.00000338. The van der Waals surface area contributed by atoms with Gasteiger partial charge in [0.25, 0.3) is 5.69 Å². The Morgan fingerprint density at radius 3 is 2.35 bits per heavy atom. The van der Waals surface area contributed by atoms with E-state index < -0.39 is 22.4 Å². The van der Waals surface area contributed by atoms with Crippen LogP contribution in [0, 0.1) is 16.0 Å². The molecule has 1 aliphatic heterocycles. The Kier molecular flexibility index (Phi) is 7.22. The first-order valence-electron chi connectivity index (χ1n) is 7.74. The lowest BCUT2D eigenvalue weighted by atomic mass is 10.1. The predicted octanol–water partition coefficient (Wildman–Crippen LogP) is 2.28. The Morgan fingerprint density at radius 2 is 1.88 bits per heavy atom. The summed E-state index contributed by atoms with van der Waals surface area (Å²) in [6.07, 6.45) is -4.65. The molecule has 1 aromatic carbocycles. The van der Waals surface area contributed by atoms with E-state index in [0.717, 1.165) is 12.1 Å². The molecule has 0 bridgehead atoms. The maximum atomic E-state index is 12.8. The highest BCUT2D eigenvalue weighted by Gasteiger charge is 2.34. The van der Waals surface area contributed by atoms with E-state index in [0.29, 0.717) is 32.2 Å². The third kappa shape index (κ3) is 4.76. The van der Waals surface area contributed by atoms with E-state index in [-0.39, 0.29) is 36.5 Å². The van der Waals surface area contributed by atoms with E-state index in [1.54, 1.807) is 16.7 Å². The van der Waals surface area contributed by atoms with E-state index >= 15 is 0 Å². The third-order valence-electron chi connectivity index (χ3n) is 4.21. The highest BCUT2D eigenvalue weighted by molar-refractivity contribution is 5.85. The molecule has 1 unspecified atom stereocenters. The predicted molar refractivity (Wildman–Crippen MR) is 92.4 cm³/mol. The van der Waals surface area contributed by atoms with Gasteiger partial charge in [-0.1, -0.05) is 6.92 Å². The minimum Gasteiger partial charge on any atom is -0.362 e. The molecule has 0 spiro atoms. The van der Waals surface area contributed by atoms with Gasteiger partial charge in [-0.15, -0.1) is 12.4 Å². The first-order chi connectivity index (χ1) is 11.6. The van der Waals surface area contributed by atoms with Crippen LogP contribution in [-0.2, 0) is 11.0 Å². The first-order valence-corrected chi connectivity index (χ1v) is 7.74. The number of anilines is 1. The van der Waals surface area contributed by atoms with Crippen molar-refractivity contribution in [3.05, 3.63) is 33.9 Å². The van der Waals surface area contributed by atoms with Crippen molar-refractivity contribution in [2.24, 2.45) is 11.7 Å². The van der Waals surface area contributed by atoms with Crippen LogP contribution in [0.2, 0.25) is 0 Å². The van der Waals surface area contributed by atoms with Crippen LogP contribution in [0.5, 0.6) is 0 Å². The molecule has 0 radical (unpaired) electrons. The number of piperazine rings is 1. The highest BCUT2D eigenvalue weighted by Crippen LogP contribution is 2.36. The quantitative estimate of drug-likeness (QED) is 0.622. The summed E-state index contributed by atoms with van der Waals surface area (Å²) in [5.41, 5.74) is 3.94.